The number of amides is 1. The number of ether oxygens (including phenoxy) is 2. The first kappa shape index (κ1) is 26.8. The van der Waals surface area contributed by atoms with E-state index in [1.54, 1.807) is 55.8 Å². The van der Waals surface area contributed by atoms with E-state index in [4.69, 9.17) is 13.9 Å². The van der Waals surface area contributed by atoms with Crippen LogP contribution in [0.3, 0.4) is 0 Å². The number of esters is 1. The lowest BCUT2D eigenvalue weighted by molar-refractivity contribution is -0.384. The Morgan fingerprint density at radius 2 is 1.79 bits per heavy atom. The summed E-state index contributed by atoms with van der Waals surface area (Å²) < 4.78 is 16.1. The largest absolute Gasteiger partial charge is 0.497 e. The molecule has 39 heavy (non-hydrogen) atoms. The molecule has 196 valence electrons. The molecule has 0 radical (unpaired) electrons. The molecule has 0 fully saturated rings. The topological polar surface area (TPSA) is 145 Å². The van der Waals surface area contributed by atoms with Crippen LogP contribution in [0.25, 0.3) is 28.5 Å². The molecule has 11 heteroatoms. The van der Waals surface area contributed by atoms with Crippen molar-refractivity contribution in [3.05, 3.63) is 93.1 Å². The first-order chi connectivity index (χ1) is 18.8. The summed E-state index contributed by atoms with van der Waals surface area (Å²) in [5.41, 5.74) is 1.75. The van der Waals surface area contributed by atoms with Crippen molar-refractivity contribution in [2.75, 3.05) is 19.0 Å². The highest BCUT2D eigenvalue weighted by atomic mass is 32.1. The van der Waals surface area contributed by atoms with Gasteiger partial charge in [0.2, 0.25) is 0 Å². The number of furan rings is 1. The van der Waals surface area contributed by atoms with Crippen LogP contribution >= 0.6 is 11.3 Å². The zero-order chi connectivity index (χ0) is 27.9. The number of carbonyl (C=O) groups excluding carboxylic acids is 2. The van der Waals surface area contributed by atoms with Crippen molar-refractivity contribution < 1.29 is 28.4 Å². The Labute approximate surface area is 226 Å². The fourth-order valence-electron chi connectivity index (χ4n) is 3.63. The van der Waals surface area contributed by atoms with E-state index in [-0.39, 0.29) is 34.2 Å². The van der Waals surface area contributed by atoms with Crippen molar-refractivity contribution in [2.45, 2.75) is 6.92 Å². The Hall–Kier alpha value is -5.21. The molecule has 0 saturated carbocycles. The highest BCUT2D eigenvalue weighted by Crippen LogP contribution is 2.37. The minimum absolute atomic E-state index is 0.0558. The maximum atomic E-state index is 13.0. The van der Waals surface area contributed by atoms with Gasteiger partial charge in [-0.25, -0.2) is 4.79 Å². The second-order valence-electron chi connectivity index (χ2n) is 7.93. The van der Waals surface area contributed by atoms with Crippen LogP contribution in [0.4, 0.5) is 10.7 Å². The third-order valence-electron chi connectivity index (χ3n) is 5.54. The molecule has 0 spiro atoms. The minimum atomic E-state index is -0.737. The summed E-state index contributed by atoms with van der Waals surface area (Å²) in [5, 5.41) is 25.1. The number of hydrogen-bond acceptors (Lipinski definition) is 9. The molecule has 4 aromatic rings. The summed E-state index contributed by atoms with van der Waals surface area (Å²) >= 11 is 1.13. The molecule has 0 atom stereocenters. The number of anilines is 1. The van der Waals surface area contributed by atoms with Crippen molar-refractivity contribution in [1.82, 2.24) is 0 Å². The quantitative estimate of drug-likeness (QED) is 0.0849. The van der Waals surface area contributed by atoms with Crippen molar-refractivity contribution in [2.24, 2.45) is 0 Å². The van der Waals surface area contributed by atoms with Gasteiger partial charge >= 0.3 is 5.97 Å². The van der Waals surface area contributed by atoms with E-state index in [2.05, 4.69) is 5.32 Å². The lowest BCUT2D eigenvalue weighted by atomic mass is 10.0. The van der Waals surface area contributed by atoms with E-state index in [9.17, 15) is 25.0 Å². The molecule has 1 N–H and O–H groups in total. The molecule has 10 nitrogen and oxygen atoms in total. The fourth-order valence-corrected chi connectivity index (χ4v) is 4.59. The maximum Gasteiger partial charge on any atom is 0.341 e. The fraction of sp³-hybridized carbons (Fsp3) is 0.107. The van der Waals surface area contributed by atoms with Gasteiger partial charge in [-0.3, -0.25) is 14.9 Å². The van der Waals surface area contributed by atoms with Crippen LogP contribution < -0.4 is 10.1 Å². The third kappa shape index (κ3) is 6.03. The first-order valence-corrected chi connectivity index (χ1v) is 12.4. The number of nitrogens with zero attached hydrogens (tertiary/aromatic N) is 2. The van der Waals surface area contributed by atoms with Gasteiger partial charge in [-0.05, 0) is 48.9 Å². The number of rotatable bonds is 9. The molecule has 4 rings (SSSR count). The molecule has 0 bridgehead atoms. The van der Waals surface area contributed by atoms with Gasteiger partial charge in [0.25, 0.3) is 11.6 Å². The molecule has 1 amide bonds. The van der Waals surface area contributed by atoms with Crippen molar-refractivity contribution in [1.29, 1.82) is 5.26 Å². The molecule has 0 aliphatic carbocycles. The number of nitro benzene ring substituents is 1. The Bertz CT molecular complexity index is 1590. The van der Waals surface area contributed by atoms with Gasteiger partial charge in [-0.2, -0.15) is 5.26 Å². The number of carbonyl (C=O) groups is 2. The summed E-state index contributed by atoms with van der Waals surface area (Å²) in [6, 6.07) is 17.9. The van der Waals surface area contributed by atoms with Gasteiger partial charge < -0.3 is 19.2 Å². The van der Waals surface area contributed by atoms with Crippen LogP contribution in [0.1, 0.15) is 23.0 Å². The van der Waals surface area contributed by atoms with Crippen molar-refractivity contribution in [3.8, 4) is 34.3 Å². The van der Waals surface area contributed by atoms with E-state index >= 15 is 0 Å². The number of non-ortho nitro benzene ring substituents is 1. The summed E-state index contributed by atoms with van der Waals surface area (Å²) in [6.45, 7) is 1.82. The number of thiophene rings is 1. The lowest BCUT2D eigenvalue weighted by Gasteiger charge is -2.09. The Morgan fingerprint density at radius 1 is 1.10 bits per heavy atom. The van der Waals surface area contributed by atoms with Crippen molar-refractivity contribution >= 4 is 40.0 Å². The average Bonchev–Trinajstić information content (AvgIpc) is 3.59. The first-order valence-electron chi connectivity index (χ1n) is 11.6. The maximum absolute atomic E-state index is 13.0. The van der Waals surface area contributed by atoms with E-state index in [0.717, 1.165) is 16.9 Å². The van der Waals surface area contributed by atoms with Crippen LogP contribution in [0.5, 0.6) is 5.75 Å². The highest BCUT2D eigenvalue weighted by molar-refractivity contribution is 7.15. The molecular weight excluding hydrogens is 522 g/mol. The number of nitrogens with one attached hydrogen (secondary N) is 1. The number of benzene rings is 2. The summed E-state index contributed by atoms with van der Waals surface area (Å²) in [7, 11) is 1.55. The van der Waals surface area contributed by atoms with E-state index in [0.29, 0.717) is 22.6 Å². The van der Waals surface area contributed by atoms with Gasteiger partial charge in [-0.15, -0.1) is 11.3 Å². The molecule has 0 aliphatic heterocycles. The predicted molar refractivity (Wildman–Crippen MR) is 145 cm³/mol. The van der Waals surface area contributed by atoms with E-state index in [1.165, 1.54) is 30.3 Å². The van der Waals surface area contributed by atoms with Crippen LogP contribution in [-0.4, -0.2) is 30.5 Å². The van der Waals surface area contributed by atoms with Gasteiger partial charge in [0.1, 0.15) is 39.5 Å². The van der Waals surface area contributed by atoms with E-state index in [1.807, 2.05) is 6.07 Å². The summed E-state index contributed by atoms with van der Waals surface area (Å²) in [5.74, 6) is -0.0640. The number of nitro groups is 1. The lowest BCUT2D eigenvalue weighted by Crippen LogP contribution is -2.16. The average molecular weight is 544 g/mol. The van der Waals surface area contributed by atoms with Gasteiger partial charge in [-0.1, -0.05) is 12.1 Å². The van der Waals surface area contributed by atoms with Crippen LogP contribution in [0.15, 0.2) is 76.0 Å². The second kappa shape index (κ2) is 11.9. The molecule has 2 aromatic carbocycles. The number of hydrogen-bond donors (Lipinski definition) is 1. The highest BCUT2D eigenvalue weighted by Gasteiger charge is 2.24. The zero-order valence-electron chi connectivity index (χ0n) is 20.8. The predicted octanol–water partition coefficient (Wildman–Crippen LogP) is 6.31. The smallest absolute Gasteiger partial charge is 0.341 e. The van der Waals surface area contributed by atoms with Crippen LogP contribution in [-0.2, 0) is 9.53 Å². The number of methoxy groups -OCH3 is 1. The monoisotopic (exact) mass is 543 g/mol. The van der Waals surface area contributed by atoms with Gasteiger partial charge in [0.05, 0.1) is 18.6 Å². The molecule has 2 aromatic heterocycles. The summed E-state index contributed by atoms with van der Waals surface area (Å²) in [4.78, 5) is 36.2. The third-order valence-corrected chi connectivity index (χ3v) is 6.44. The molecule has 0 aliphatic rings. The molecule has 0 unspecified atom stereocenters. The second-order valence-corrected chi connectivity index (χ2v) is 8.81. The van der Waals surface area contributed by atoms with E-state index < -0.39 is 16.8 Å². The van der Waals surface area contributed by atoms with Crippen LogP contribution in [0, 0.1) is 21.4 Å². The zero-order valence-corrected chi connectivity index (χ0v) is 21.6. The van der Waals surface area contributed by atoms with Gasteiger partial charge in [0, 0.05) is 34.7 Å². The van der Waals surface area contributed by atoms with Crippen LogP contribution in [0.2, 0.25) is 0 Å². The standard InChI is InChI=1S/C28H21N3O7S/c1-3-37-28(33)25-23(17-6-10-21(36-2)11-7-17)16-39-27(25)30-26(32)19(15-29)14-22-12-13-24(38-22)18-4-8-20(9-5-18)31(34)35/h4-14,16H,3H2,1-2H3,(H,30,32)/b19-14+. The normalized spacial score (nSPS) is 10.9. The van der Waals surface area contributed by atoms with Crippen molar-refractivity contribution in [3.63, 3.8) is 0 Å². The SMILES string of the molecule is CCOC(=O)c1c(-c2ccc(OC)cc2)csc1NC(=O)/C(C#N)=C/c1ccc(-c2ccc([N+](=O)[O-])cc2)o1. The molecule has 2 heterocycles. The summed E-state index contributed by atoms with van der Waals surface area (Å²) in [6.07, 6.45) is 1.27. The molecule has 0 saturated heterocycles. The Morgan fingerprint density at radius 3 is 2.41 bits per heavy atom. The van der Waals surface area contributed by atoms with Gasteiger partial charge in [0.15, 0.2) is 0 Å². The molecular formula is C28H21N3O7S. The number of nitriles is 1. The minimum Gasteiger partial charge on any atom is -0.497 e. The Kier molecular flexibility index (Phi) is 8.18. The Balaban J connectivity index is 1.59.